The van der Waals surface area contributed by atoms with Gasteiger partial charge >= 0.3 is 12.1 Å². The summed E-state index contributed by atoms with van der Waals surface area (Å²) in [6, 6.07) is 11.8. The van der Waals surface area contributed by atoms with Crippen molar-refractivity contribution in [2.24, 2.45) is 0 Å². The summed E-state index contributed by atoms with van der Waals surface area (Å²) in [5.74, 6) is -0.820. The Labute approximate surface area is 153 Å². The van der Waals surface area contributed by atoms with E-state index in [2.05, 4.69) is 0 Å². The smallest absolute Gasteiger partial charge is 0.430 e. The van der Waals surface area contributed by atoms with Crippen molar-refractivity contribution in [2.45, 2.75) is 32.0 Å². The highest BCUT2D eigenvalue weighted by molar-refractivity contribution is 5.95. The first-order chi connectivity index (χ1) is 12.8. The maximum Gasteiger partial charge on any atom is 0.430 e. The standard InChI is InChI=1S/C20H17F3O4/c1-2-5-12-6-3-4-7-16(12)26-14-9-8-13-10-15(19(24)25)18(20(21,22)23)27-17(13)11-14/h3-4,6-11,18H,2,5H2,1H3,(H,24,25). The van der Waals surface area contributed by atoms with Crippen LogP contribution >= 0.6 is 0 Å². The monoisotopic (exact) mass is 378 g/mol. The fraction of sp³-hybridized carbons (Fsp3) is 0.250. The molecule has 1 atom stereocenters. The van der Waals surface area contributed by atoms with Gasteiger partial charge in [-0.05, 0) is 36.3 Å². The molecular formula is C20H17F3O4. The Hall–Kier alpha value is -2.96. The van der Waals surface area contributed by atoms with Gasteiger partial charge in [-0.1, -0.05) is 31.5 Å². The largest absolute Gasteiger partial charge is 0.478 e. The zero-order valence-electron chi connectivity index (χ0n) is 14.4. The zero-order valence-corrected chi connectivity index (χ0v) is 14.4. The molecule has 1 aliphatic rings. The van der Waals surface area contributed by atoms with Gasteiger partial charge in [-0.25, -0.2) is 4.79 Å². The van der Waals surface area contributed by atoms with Crippen LogP contribution in [-0.2, 0) is 11.2 Å². The number of carboxylic acid groups (broad SMARTS) is 1. The van der Waals surface area contributed by atoms with E-state index in [1.54, 1.807) is 12.1 Å². The van der Waals surface area contributed by atoms with Crippen LogP contribution in [0.2, 0.25) is 0 Å². The zero-order chi connectivity index (χ0) is 19.6. The molecule has 0 radical (unpaired) electrons. The van der Waals surface area contributed by atoms with Gasteiger partial charge in [0, 0.05) is 11.6 Å². The second-order valence-electron chi connectivity index (χ2n) is 6.10. The van der Waals surface area contributed by atoms with E-state index in [1.165, 1.54) is 12.1 Å². The number of carboxylic acids is 1. The van der Waals surface area contributed by atoms with Crippen LogP contribution in [0.5, 0.6) is 17.2 Å². The van der Waals surface area contributed by atoms with E-state index in [0.29, 0.717) is 11.5 Å². The third kappa shape index (κ3) is 4.07. The lowest BCUT2D eigenvalue weighted by atomic mass is 10.0. The molecule has 0 aromatic heterocycles. The van der Waals surface area contributed by atoms with Gasteiger partial charge in [-0.15, -0.1) is 0 Å². The molecule has 4 nitrogen and oxygen atoms in total. The number of alkyl halides is 3. The minimum absolute atomic E-state index is 0.0761. The van der Waals surface area contributed by atoms with Crippen molar-refractivity contribution in [3.05, 3.63) is 59.2 Å². The maximum absolute atomic E-state index is 13.2. The highest BCUT2D eigenvalue weighted by Gasteiger charge is 2.48. The molecule has 0 aliphatic carbocycles. The van der Waals surface area contributed by atoms with Gasteiger partial charge in [0.05, 0.1) is 5.57 Å². The molecule has 3 rings (SSSR count). The quantitative estimate of drug-likeness (QED) is 0.775. The number of benzene rings is 2. The number of rotatable bonds is 5. The van der Waals surface area contributed by atoms with Crippen molar-refractivity contribution in [1.29, 1.82) is 0 Å². The summed E-state index contributed by atoms with van der Waals surface area (Å²) in [6.07, 6.45) is -4.66. The fourth-order valence-electron chi connectivity index (χ4n) is 2.86. The second kappa shape index (κ2) is 7.34. The third-order valence-corrected chi connectivity index (χ3v) is 4.09. The third-order valence-electron chi connectivity index (χ3n) is 4.09. The van der Waals surface area contributed by atoms with Crippen molar-refractivity contribution < 1.29 is 32.5 Å². The molecule has 0 saturated carbocycles. The van der Waals surface area contributed by atoms with Crippen LogP contribution in [0, 0.1) is 0 Å². The molecular weight excluding hydrogens is 361 g/mol. The highest BCUT2D eigenvalue weighted by Crippen LogP contribution is 2.39. The number of fused-ring (bicyclic) bond motifs is 1. The van der Waals surface area contributed by atoms with Crippen LogP contribution in [0.4, 0.5) is 13.2 Å². The Bertz CT molecular complexity index is 887. The SMILES string of the molecule is CCCc1ccccc1Oc1ccc2c(c1)OC(C(F)(F)F)C(C(=O)O)=C2. The topological polar surface area (TPSA) is 55.8 Å². The van der Waals surface area contributed by atoms with Crippen molar-refractivity contribution in [2.75, 3.05) is 0 Å². The average Bonchev–Trinajstić information content (AvgIpc) is 2.61. The van der Waals surface area contributed by atoms with E-state index in [0.717, 1.165) is 24.5 Å². The summed E-state index contributed by atoms with van der Waals surface area (Å²) in [7, 11) is 0. The van der Waals surface area contributed by atoms with Gasteiger partial charge < -0.3 is 14.6 Å². The number of para-hydroxylation sites is 1. The van der Waals surface area contributed by atoms with E-state index in [-0.39, 0.29) is 11.3 Å². The molecule has 7 heteroatoms. The van der Waals surface area contributed by atoms with Gasteiger partial charge in [0.15, 0.2) is 0 Å². The molecule has 0 saturated heterocycles. The lowest BCUT2D eigenvalue weighted by molar-refractivity contribution is -0.187. The number of hydrogen-bond acceptors (Lipinski definition) is 3. The Kier molecular flexibility index (Phi) is 5.12. The number of hydrogen-bond donors (Lipinski definition) is 1. The number of aryl methyl sites for hydroxylation is 1. The van der Waals surface area contributed by atoms with Gasteiger partial charge in [0.25, 0.3) is 0 Å². The van der Waals surface area contributed by atoms with Crippen LogP contribution in [0.25, 0.3) is 6.08 Å². The van der Waals surface area contributed by atoms with Crippen LogP contribution in [0.1, 0.15) is 24.5 Å². The molecule has 0 spiro atoms. The molecule has 1 aliphatic heterocycles. The fourth-order valence-corrected chi connectivity index (χ4v) is 2.86. The number of halogens is 3. The van der Waals surface area contributed by atoms with E-state index in [9.17, 15) is 18.0 Å². The summed E-state index contributed by atoms with van der Waals surface area (Å²) in [6.45, 7) is 2.03. The Morgan fingerprint density at radius 3 is 2.63 bits per heavy atom. The Morgan fingerprint density at radius 2 is 1.96 bits per heavy atom. The minimum atomic E-state index is -4.84. The van der Waals surface area contributed by atoms with E-state index in [4.69, 9.17) is 14.6 Å². The van der Waals surface area contributed by atoms with E-state index >= 15 is 0 Å². The molecule has 1 N–H and O–H groups in total. The second-order valence-corrected chi connectivity index (χ2v) is 6.10. The average molecular weight is 378 g/mol. The first-order valence-electron chi connectivity index (χ1n) is 8.37. The summed E-state index contributed by atoms with van der Waals surface area (Å²) < 4.78 is 50.3. The minimum Gasteiger partial charge on any atom is -0.478 e. The summed E-state index contributed by atoms with van der Waals surface area (Å²) in [5.41, 5.74) is 0.388. The molecule has 0 bridgehead atoms. The molecule has 142 valence electrons. The number of aliphatic carboxylic acids is 1. The lowest BCUT2D eigenvalue weighted by Gasteiger charge is -2.27. The highest BCUT2D eigenvalue weighted by atomic mass is 19.4. The van der Waals surface area contributed by atoms with Crippen molar-refractivity contribution in [3.63, 3.8) is 0 Å². The predicted octanol–water partition coefficient (Wildman–Crippen LogP) is 5.22. The molecule has 0 amide bonds. The van der Waals surface area contributed by atoms with Crippen LogP contribution in [0.3, 0.4) is 0 Å². The summed E-state index contributed by atoms with van der Waals surface area (Å²) in [5, 5.41) is 9.06. The molecule has 2 aromatic carbocycles. The normalized spacial score (nSPS) is 16.1. The van der Waals surface area contributed by atoms with E-state index < -0.39 is 23.8 Å². The molecule has 2 aromatic rings. The Morgan fingerprint density at radius 1 is 1.22 bits per heavy atom. The molecule has 1 heterocycles. The van der Waals surface area contributed by atoms with Crippen molar-refractivity contribution >= 4 is 12.0 Å². The maximum atomic E-state index is 13.2. The van der Waals surface area contributed by atoms with Gasteiger partial charge in [-0.2, -0.15) is 13.2 Å². The number of ether oxygens (including phenoxy) is 2. The molecule has 0 fully saturated rings. The molecule has 27 heavy (non-hydrogen) atoms. The van der Waals surface area contributed by atoms with Crippen molar-refractivity contribution in [3.8, 4) is 17.2 Å². The Balaban J connectivity index is 1.93. The summed E-state index contributed by atoms with van der Waals surface area (Å²) >= 11 is 0. The van der Waals surface area contributed by atoms with Gasteiger partial charge in [-0.3, -0.25) is 0 Å². The van der Waals surface area contributed by atoms with Gasteiger partial charge in [0.2, 0.25) is 6.10 Å². The summed E-state index contributed by atoms with van der Waals surface area (Å²) in [4.78, 5) is 11.2. The van der Waals surface area contributed by atoms with Crippen molar-refractivity contribution in [1.82, 2.24) is 0 Å². The van der Waals surface area contributed by atoms with E-state index in [1.807, 2.05) is 25.1 Å². The molecule has 1 unspecified atom stereocenters. The predicted molar refractivity (Wildman–Crippen MR) is 93.0 cm³/mol. The van der Waals surface area contributed by atoms with Gasteiger partial charge in [0.1, 0.15) is 17.2 Å². The van der Waals surface area contributed by atoms with Crippen LogP contribution in [-0.4, -0.2) is 23.4 Å². The van der Waals surface area contributed by atoms with Crippen LogP contribution < -0.4 is 9.47 Å². The lowest BCUT2D eigenvalue weighted by Crippen LogP contribution is -2.40. The first kappa shape index (κ1) is 18.8. The number of carbonyl (C=O) groups is 1. The first-order valence-corrected chi connectivity index (χ1v) is 8.37. The van der Waals surface area contributed by atoms with Crippen LogP contribution in [0.15, 0.2) is 48.0 Å².